The molecular weight excluding hydrogens is 316 g/mol. The number of ketones is 1. The summed E-state index contributed by atoms with van der Waals surface area (Å²) >= 11 is 2.88. The number of rotatable bonds is 2. The second kappa shape index (κ2) is 4.64. The van der Waals surface area contributed by atoms with Gasteiger partial charge >= 0.3 is 6.18 Å². The molecule has 98 valence electrons. The molecule has 6 heteroatoms. The van der Waals surface area contributed by atoms with Crippen LogP contribution < -0.4 is 0 Å². The summed E-state index contributed by atoms with van der Waals surface area (Å²) in [5.74, 6) is -2.34. The van der Waals surface area contributed by atoms with Gasteiger partial charge in [-0.15, -0.1) is 0 Å². The molecule has 2 rings (SSSR count). The third kappa shape index (κ3) is 2.43. The molecule has 0 spiro atoms. The van der Waals surface area contributed by atoms with Crippen LogP contribution in [0.2, 0.25) is 0 Å². The molecule has 1 aromatic carbocycles. The van der Waals surface area contributed by atoms with Crippen molar-refractivity contribution in [2.75, 3.05) is 0 Å². The Hall–Kier alpha value is -0.910. The van der Waals surface area contributed by atoms with Crippen molar-refractivity contribution in [3.05, 3.63) is 33.5 Å². The van der Waals surface area contributed by atoms with E-state index < -0.39 is 28.9 Å². The molecule has 0 aromatic heterocycles. The third-order valence-corrected chi connectivity index (χ3v) is 3.54. The van der Waals surface area contributed by atoms with Gasteiger partial charge in [-0.1, -0.05) is 22.4 Å². The molecule has 1 saturated carbocycles. The van der Waals surface area contributed by atoms with E-state index in [1.807, 2.05) is 0 Å². The Morgan fingerprint density at radius 2 is 1.89 bits per heavy atom. The van der Waals surface area contributed by atoms with Gasteiger partial charge in [-0.05, 0) is 25.0 Å². The van der Waals surface area contributed by atoms with Gasteiger partial charge in [0.25, 0.3) is 0 Å². The van der Waals surface area contributed by atoms with Crippen molar-refractivity contribution in [1.82, 2.24) is 0 Å². The summed E-state index contributed by atoms with van der Waals surface area (Å²) in [4.78, 5) is 11.9. The number of carbonyl (C=O) groups excluding carboxylic acids is 1. The molecule has 1 aliphatic carbocycles. The van der Waals surface area contributed by atoms with Gasteiger partial charge < -0.3 is 0 Å². The van der Waals surface area contributed by atoms with Crippen LogP contribution in [0.4, 0.5) is 17.6 Å². The SMILES string of the molecule is O=C(c1cc(Br)cc(C(F)(F)F)c1F)C1CCC1. The van der Waals surface area contributed by atoms with Crippen LogP contribution in [0.25, 0.3) is 0 Å². The van der Waals surface area contributed by atoms with E-state index in [0.29, 0.717) is 18.9 Å². The van der Waals surface area contributed by atoms with Crippen LogP contribution in [-0.4, -0.2) is 5.78 Å². The van der Waals surface area contributed by atoms with E-state index in [0.717, 1.165) is 12.5 Å². The van der Waals surface area contributed by atoms with Gasteiger partial charge in [0.1, 0.15) is 5.82 Å². The fourth-order valence-corrected chi connectivity index (χ4v) is 2.32. The third-order valence-electron chi connectivity index (χ3n) is 3.08. The normalized spacial score (nSPS) is 16.5. The van der Waals surface area contributed by atoms with Crippen LogP contribution >= 0.6 is 15.9 Å². The van der Waals surface area contributed by atoms with Crippen molar-refractivity contribution in [2.45, 2.75) is 25.4 Å². The molecule has 18 heavy (non-hydrogen) atoms. The number of alkyl halides is 3. The predicted molar refractivity (Wildman–Crippen MR) is 60.8 cm³/mol. The molecule has 0 bridgehead atoms. The minimum atomic E-state index is -4.80. The topological polar surface area (TPSA) is 17.1 Å². The summed E-state index contributed by atoms with van der Waals surface area (Å²) in [6.45, 7) is 0. The molecule has 1 aliphatic rings. The molecular formula is C12H9BrF4O. The van der Waals surface area contributed by atoms with Crippen LogP contribution in [0.15, 0.2) is 16.6 Å². The zero-order chi connectivity index (χ0) is 13.5. The van der Waals surface area contributed by atoms with Crippen molar-refractivity contribution in [2.24, 2.45) is 5.92 Å². The molecule has 0 heterocycles. The van der Waals surface area contributed by atoms with Gasteiger partial charge in [0.05, 0.1) is 11.1 Å². The van der Waals surface area contributed by atoms with E-state index in [4.69, 9.17) is 0 Å². The fourth-order valence-electron chi connectivity index (χ4n) is 1.87. The van der Waals surface area contributed by atoms with E-state index in [-0.39, 0.29) is 10.4 Å². The molecule has 1 fully saturated rings. The average molecular weight is 325 g/mol. The lowest BCUT2D eigenvalue weighted by molar-refractivity contribution is -0.140. The van der Waals surface area contributed by atoms with E-state index in [1.54, 1.807) is 0 Å². The molecule has 0 radical (unpaired) electrons. The highest BCUT2D eigenvalue weighted by Crippen LogP contribution is 2.37. The number of benzene rings is 1. The summed E-state index contributed by atoms with van der Waals surface area (Å²) in [7, 11) is 0. The first-order valence-corrected chi connectivity index (χ1v) is 6.20. The Balaban J connectivity index is 2.47. The average Bonchev–Trinajstić information content (AvgIpc) is 2.16. The number of halogens is 5. The zero-order valence-corrected chi connectivity index (χ0v) is 10.7. The van der Waals surface area contributed by atoms with Crippen molar-refractivity contribution in [3.63, 3.8) is 0 Å². The molecule has 0 N–H and O–H groups in total. The number of carbonyl (C=O) groups is 1. The lowest BCUT2D eigenvalue weighted by atomic mass is 9.79. The maximum Gasteiger partial charge on any atom is 0.419 e. The summed E-state index contributed by atoms with van der Waals surface area (Å²) in [5.41, 5.74) is -1.87. The second-order valence-electron chi connectivity index (χ2n) is 4.30. The molecule has 1 aromatic rings. The Labute approximate surface area is 109 Å². The van der Waals surface area contributed by atoms with Crippen LogP contribution in [0, 0.1) is 11.7 Å². The maximum absolute atomic E-state index is 13.8. The lowest BCUT2D eigenvalue weighted by Gasteiger charge is -2.24. The van der Waals surface area contributed by atoms with E-state index in [2.05, 4.69) is 15.9 Å². The van der Waals surface area contributed by atoms with Crippen LogP contribution in [0.1, 0.15) is 35.2 Å². The molecule has 0 aliphatic heterocycles. The van der Waals surface area contributed by atoms with Crippen molar-refractivity contribution < 1.29 is 22.4 Å². The first-order chi connectivity index (χ1) is 8.30. The highest BCUT2D eigenvalue weighted by molar-refractivity contribution is 9.10. The lowest BCUT2D eigenvalue weighted by Crippen LogP contribution is -2.24. The first kappa shape index (κ1) is 13.5. The fraction of sp³-hybridized carbons (Fsp3) is 0.417. The van der Waals surface area contributed by atoms with Crippen molar-refractivity contribution >= 4 is 21.7 Å². The number of Topliss-reactive ketones (excluding diaryl/α,β-unsaturated/α-hetero) is 1. The Bertz CT molecular complexity index is 492. The number of hydrogen-bond acceptors (Lipinski definition) is 1. The summed E-state index contributed by atoms with van der Waals surface area (Å²) in [6.07, 6.45) is -2.71. The molecule has 0 saturated heterocycles. The molecule has 0 atom stereocenters. The summed E-state index contributed by atoms with van der Waals surface area (Å²) in [5, 5.41) is 0. The van der Waals surface area contributed by atoms with E-state index >= 15 is 0 Å². The highest BCUT2D eigenvalue weighted by atomic mass is 79.9. The van der Waals surface area contributed by atoms with Gasteiger partial charge in [0, 0.05) is 10.4 Å². The minimum Gasteiger partial charge on any atom is -0.294 e. The molecule has 1 nitrogen and oxygen atoms in total. The zero-order valence-electron chi connectivity index (χ0n) is 9.15. The highest BCUT2D eigenvalue weighted by Gasteiger charge is 2.38. The minimum absolute atomic E-state index is 0.0545. The Morgan fingerprint density at radius 1 is 1.28 bits per heavy atom. The Kier molecular flexibility index (Phi) is 3.49. The standard InChI is InChI=1S/C12H9BrF4O/c13-7-4-8(11(18)6-2-1-3-6)10(14)9(5-7)12(15,16)17/h4-6H,1-3H2. The smallest absolute Gasteiger partial charge is 0.294 e. The second-order valence-corrected chi connectivity index (χ2v) is 5.22. The maximum atomic E-state index is 13.8. The summed E-state index contributed by atoms with van der Waals surface area (Å²) in [6, 6.07) is 1.76. The van der Waals surface area contributed by atoms with Crippen LogP contribution in [-0.2, 0) is 6.18 Å². The van der Waals surface area contributed by atoms with Crippen LogP contribution in [0.3, 0.4) is 0 Å². The Morgan fingerprint density at radius 3 is 2.33 bits per heavy atom. The molecule has 0 unspecified atom stereocenters. The first-order valence-electron chi connectivity index (χ1n) is 5.41. The van der Waals surface area contributed by atoms with E-state index in [9.17, 15) is 22.4 Å². The van der Waals surface area contributed by atoms with Crippen molar-refractivity contribution in [3.8, 4) is 0 Å². The van der Waals surface area contributed by atoms with Gasteiger partial charge in [-0.25, -0.2) is 4.39 Å². The molecule has 0 amide bonds. The summed E-state index contributed by atoms with van der Waals surface area (Å²) < 4.78 is 51.6. The quantitative estimate of drug-likeness (QED) is 0.574. The van der Waals surface area contributed by atoms with Gasteiger partial charge in [0.15, 0.2) is 5.78 Å². The predicted octanol–water partition coefficient (Wildman–Crippen LogP) is 4.59. The number of hydrogen-bond donors (Lipinski definition) is 0. The largest absolute Gasteiger partial charge is 0.419 e. The van der Waals surface area contributed by atoms with Gasteiger partial charge in [0.2, 0.25) is 0 Å². The van der Waals surface area contributed by atoms with Gasteiger partial charge in [-0.3, -0.25) is 4.79 Å². The van der Waals surface area contributed by atoms with Gasteiger partial charge in [-0.2, -0.15) is 13.2 Å². The van der Waals surface area contributed by atoms with Crippen LogP contribution in [0.5, 0.6) is 0 Å². The monoisotopic (exact) mass is 324 g/mol. The van der Waals surface area contributed by atoms with E-state index in [1.165, 1.54) is 0 Å². The van der Waals surface area contributed by atoms with Crippen molar-refractivity contribution in [1.29, 1.82) is 0 Å².